The summed E-state index contributed by atoms with van der Waals surface area (Å²) >= 11 is -2.27. The number of esters is 4. The van der Waals surface area contributed by atoms with Crippen LogP contribution in [0.5, 0.6) is 0 Å². The Hall–Kier alpha value is -2.64. The first-order chi connectivity index (χ1) is 17.7. The fourth-order valence-electron chi connectivity index (χ4n) is 3.78. The Kier molecular flexibility index (Phi) is 10.8. The standard InChI is InChI=1S/C26H29AsO9Se/c1-16(28)32-15-22-23(33-17(2)29)24(34-18(3)30)25(35-19(4)31)26(36-22)37-27(20-11-7-5-8-12-20)21-13-9-6-10-14-21/h5-14,22-26H,15H2,1-4H3/t22-,23-,24+,25-,26+/m1/s1. The zero-order chi connectivity index (χ0) is 26.9. The molecular weight excluding hydrogens is 610 g/mol. The van der Waals surface area contributed by atoms with E-state index in [9.17, 15) is 19.2 Å². The summed E-state index contributed by atoms with van der Waals surface area (Å²) in [7, 11) is 0. The Morgan fingerprint density at radius 1 is 0.703 bits per heavy atom. The molecule has 0 saturated carbocycles. The SMILES string of the molecule is CC(=O)OC[C@H]1O[C@@H]([Se][As](c2ccccc2)c2ccccc2)[C@H](OC(C)=O)[C@@H](OC(C)=O)[C@@H]1OC(C)=O. The number of hydrogen-bond donors (Lipinski definition) is 0. The maximum atomic E-state index is 12.2. The normalized spacial score (nSPS) is 23.1. The third-order valence-corrected chi connectivity index (χ3v) is 19.2. The van der Waals surface area contributed by atoms with Crippen LogP contribution in [-0.4, -0.2) is 85.6 Å². The van der Waals surface area contributed by atoms with Gasteiger partial charge in [-0.25, -0.2) is 0 Å². The molecule has 2 aromatic carbocycles. The van der Waals surface area contributed by atoms with Gasteiger partial charge in [0.15, 0.2) is 0 Å². The Morgan fingerprint density at radius 3 is 1.62 bits per heavy atom. The molecule has 1 aliphatic rings. The monoisotopic (exact) mass is 640 g/mol. The maximum absolute atomic E-state index is 12.2. The summed E-state index contributed by atoms with van der Waals surface area (Å²) in [6.07, 6.45) is -4.25. The van der Waals surface area contributed by atoms with Gasteiger partial charge in [-0.1, -0.05) is 0 Å². The fourth-order valence-corrected chi connectivity index (χ4v) is 17.7. The van der Waals surface area contributed by atoms with Crippen molar-refractivity contribution in [1.82, 2.24) is 0 Å². The van der Waals surface area contributed by atoms with Gasteiger partial charge in [0.05, 0.1) is 0 Å². The molecule has 0 radical (unpaired) electrons. The molecule has 0 aliphatic carbocycles. The van der Waals surface area contributed by atoms with E-state index in [4.69, 9.17) is 23.7 Å². The van der Waals surface area contributed by atoms with Gasteiger partial charge in [-0.3, -0.25) is 0 Å². The van der Waals surface area contributed by atoms with Crippen molar-refractivity contribution >= 4 is 58.3 Å². The van der Waals surface area contributed by atoms with Gasteiger partial charge in [-0.2, -0.15) is 0 Å². The number of rotatable bonds is 9. The molecule has 1 fully saturated rings. The molecule has 198 valence electrons. The molecule has 37 heavy (non-hydrogen) atoms. The van der Waals surface area contributed by atoms with Gasteiger partial charge in [-0.05, 0) is 0 Å². The minimum atomic E-state index is -1.99. The Bertz CT molecular complexity index is 1040. The molecule has 0 amide bonds. The van der Waals surface area contributed by atoms with Crippen LogP contribution in [0.3, 0.4) is 0 Å². The van der Waals surface area contributed by atoms with Gasteiger partial charge in [0.1, 0.15) is 0 Å². The van der Waals surface area contributed by atoms with Crippen LogP contribution in [0.25, 0.3) is 0 Å². The van der Waals surface area contributed by atoms with Crippen molar-refractivity contribution in [3.8, 4) is 0 Å². The van der Waals surface area contributed by atoms with E-state index in [-0.39, 0.29) is 19.6 Å². The van der Waals surface area contributed by atoms with E-state index in [1.165, 1.54) is 36.4 Å². The van der Waals surface area contributed by atoms with Crippen molar-refractivity contribution in [2.45, 2.75) is 57.1 Å². The van der Waals surface area contributed by atoms with E-state index < -0.39 is 66.1 Å². The summed E-state index contributed by atoms with van der Waals surface area (Å²) in [5, 5.41) is -0.673. The Labute approximate surface area is 225 Å². The molecule has 5 atom stereocenters. The van der Waals surface area contributed by atoms with Crippen LogP contribution in [-0.2, 0) is 42.9 Å². The zero-order valence-electron chi connectivity index (χ0n) is 20.9. The molecule has 0 bridgehead atoms. The summed E-state index contributed by atoms with van der Waals surface area (Å²) in [4.78, 5) is 47.8. The fraction of sp³-hybridized carbons (Fsp3) is 0.385. The third-order valence-electron chi connectivity index (χ3n) is 5.14. The van der Waals surface area contributed by atoms with Crippen LogP contribution in [0.15, 0.2) is 60.7 Å². The zero-order valence-corrected chi connectivity index (χ0v) is 24.5. The topological polar surface area (TPSA) is 114 Å². The number of carbonyl (C=O) groups excluding carboxylic acids is 4. The molecule has 11 heteroatoms. The molecule has 3 rings (SSSR count). The predicted octanol–water partition coefficient (Wildman–Crippen LogP) is 0.580. The van der Waals surface area contributed by atoms with Crippen LogP contribution in [0.4, 0.5) is 0 Å². The van der Waals surface area contributed by atoms with Crippen molar-refractivity contribution in [1.29, 1.82) is 0 Å². The van der Waals surface area contributed by atoms with Crippen molar-refractivity contribution in [2.75, 3.05) is 6.61 Å². The van der Waals surface area contributed by atoms with Crippen LogP contribution in [0.1, 0.15) is 27.7 Å². The third kappa shape index (κ3) is 8.44. The average molecular weight is 639 g/mol. The summed E-state index contributed by atoms with van der Waals surface area (Å²) in [6, 6.07) is 20.1. The first-order valence-corrected chi connectivity index (χ1v) is 19.1. The van der Waals surface area contributed by atoms with Gasteiger partial charge >= 0.3 is 226 Å². The van der Waals surface area contributed by atoms with E-state index in [1.807, 2.05) is 36.4 Å². The Balaban J connectivity index is 2.05. The van der Waals surface area contributed by atoms with Crippen molar-refractivity contribution in [3.05, 3.63) is 60.7 Å². The number of hydrogen-bond acceptors (Lipinski definition) is 9. The number of benzene rings is 2. The molecule has 0 N–H and O–H groups in total. The van der Waals surface area contributed by atoms with Crippen LogP contribution >= 0.6 is 0 Å². The van der Waals surface area contributed by atoms with Crippen molar-refractivity contribution in [2.24, 2.45) is 0 Å². The van der Waals surface area contributed by atoms with E-state index in [2.05, 4.69) is 24.3 Å². The summed E-state index contributed by atoms with van der Waals surface area (Å²) < 4.78 is 30.7. The number of ether oxygens (including phenoxy) is 5. The van der Waals surface area contributed by atoms with E-state index >= 15 is 0 Å². The minimum absolute atomic E-state index is 0.228. The first kappa shape index (κ1) is 28.9. The van der Waals surface area contributed by atoms with E-state index in [0.29, 0.717) is 0 Å². The second-order valence-electron chi connectivity index (χ2n) is 8.14. The average Bonchev–Trinajstić information content (AvgIpc) is 2.85. The van der Waals surface area contributed by atoms with Crippen molar-refractivity contribution in [3.63, 3.8) is 0 Å². The predicted molar refractivity (Wildman–Crippen MR) is 136 cm³/mol. The van der Waals surface area contributed by atoms with Crippen molar-refractivity contribution < 1.29 is 42.9 Å². The number of carbonyl (C=O) groups is 4. The summed E-state index contributed by atoms with van der Waals surface area (Å²) in [5.41, 5.74) is 0. The molecule has 2 aromatic rings. The quantitative estimate of drug-likeness (QED) is 0.221. The van der Waals surface area contributed by atoms with Crippen LogP contribution in [0.2, 0.25) is 0 Å². The van der Waals surface area contributed by atoms with Crippen LogP contribution < -0.4 is 8.70 Å². The molecule has 1 aliphatic heterocycles. The molecule has 1 saturated heterocycles. The van der Waals surface area contributed by atoms with Gasteiger partial charge in [0.2, 0.25) is 0 Å². The summed E-state index contributed by atoms with van der Waals surface area (Å²) in [5.74, 6) is -2.42. The van der Waals surface area contributed by atoms with Gasteiger partial charge in [0, 0.05) is 0 Å². The molecule has 0 unspecified atom stereocenters. The molecule has 1 heterocycles. The summed E-state index contributed by atoms with van der Waals surface area (Å²) in [6.45, 7) is 4.71. The molecule has 0 spiro atoms. The second kappa shape index (κ2) is 13.8. The Morgan fingerprint density at radius 2 is 1.16 bits per heavy atom. The molecular formula is C26H29AsO9Se. The van der Waals surface area contributed by atoms with E-state index in [0.717, 1.165) is 0 Å². The second-order valence-corrected chi connectivity index (χ2v) is 19.2. The van der Waals surface area contributed by atoms with Gasteiger partial charge in [-0.15, -0.1) is 0 Å². The van der Waals surface area contributed by atoms with Gasteiger partial charge < -0.3 is 0 Å². The van der Waals surface area contributed by atoms with Gasteiger partial charge in [0.25, 0.3) is 0 Å². The molecule has 9 nitrogen and oxygen atoms in total. The molecule has 0 aromatic heterocycles. The van der Waals surface area contributed by atoms with Crippen LogP contribution in [0, 0.1) is 0 Å². The first-order valence-electron chi connectivity index (χ1n) is 11.5. The van der Waals surface area contributed by atoms with E-state index in [1.54, 1.807) is 0 Å².